The maximum absolute atomic E-state index is 13.4. The van der Waals surface area contributed by atoms with E-state index in [-0.39, 0.29) is 11.9 Å². The van der Waals surface area contributed by atoms with Crippen LogP contribution in [0, 0.1) is 0 Å². The summed E-state index contributed by atoms with van der Waals surface area (Å²) >= 11 is 6.16. The Bertz CT molecular complexity index is 1310. The van der Waals surface area contributed by atoms with Crippen molar-refractivity contribution in [1.29, 1.82) is 0 Å². The zero-order valence-corrected chi connectivity index (χ0v) is 20.5. The monoisotopic (exact) mass is 490 g/mol. The molecule has 1 saturated heterocycles. The lowest BCUT2D eigenvalue weighted by Crippen LogP contribution is -2.49. The van der Waals surface area contributed by atoms with E-state index in [0.717, 1.165) is 30.0 Å². The predicted octanol–water partition coefficient (Wildman–Crippen LogP) is 4.66. The largest absolute Gasteiger partial charge is 0.337 e. The lowest BCUT2D eigenvalue weighted by Gasteiger charge is -2.36. The molecule has 0 radical (unpaired) electrons. The summed E-state index contributed by atoms with van der Waals surface area (Å²) in [7, 11) is 0. The minimum Gasteiger partial charge on any atom is -0.337 e. The molecule has 0 aliphatic carbocycles. The van der Waals surface area contributed by atoms with Gasteiger partial charge in [-0.25, -0.2) is 4.68 Å². The zero-order valence-electron chi connectivity index (χ0n) is 19.8. The highest BCUT2D eigenvalue weighted by atomic mass is 35.5. The van der Waals surface area contributed by atoms with Crippen molar-refractivity contribution < 1.29 is 9.32 Å². The Morgan fingerprint density at radius 3 is 2.57 bits per heavy atom. The Kier molecular flexibility index (Phi) is 6.66. The van der Waals surface area contributed by atoms with Crippen LogP contribution in [0.1, 0.15) is 41.8 Å². The van der Waals surface area contributed by atoms with Gasteiger partial charge in [0.2, 0.25) is 11.7 Å². The molecule has 1 aliphatic rings. The molecule has 0 spiro atoms. The number of halogens is 1. The quantitative estimate of drug-likeness (QED) is 0.391. The molecular weight excluding hydrogens is 464 g/mol. The molecule has 1 fully saturated rings. The van der Waals surface area contributed by atoms with Crippen molar-refractivity contribution >= 4 is 17.5 Å². The van der Waals surface area contributed by atoms with Crippen LogP contribution in [-0.4, -0.2) is 61.8 Å². The maximum atomic E-state index is 13.4. The first-order valence-electron chi connectivity index (χ1n) is 11.8. The van der Waals surface area contributed by atoms with Crippen LogP contribution in [0.3, 0.4) is 0 Å². The van der Waals surface area contributed by atoms with Gasteiger partial charge in [-0.2, -0.15) is 10.1 Å². The van der Waals surface area contributed by atoms with Gasteiger partial charge in [0.25, 0.3) is 5.91 Å². The summed E-state index contributed by atoms with van der Waals surface area (Å²) in [6.45, 7) is 6.77. The summed E-state index contributed by atoms with van der Waals surface area (Å²) in [6.07, 6.45) is 2.35. The van der Waals surface area contributed by atoms with Crippen LogP contribution in [0.2, 0.25) is 5.02 Å². The standard InChI is InChI=1S/C26H27ClN6O2/c1-3-23-22(17-28-33(23)21-11-7-10-20(27)16-21)26(34)32-14-12-31(13-15-32)18(2)25-29-24(30-35-25)19-8-5-4-6-9-19/h4-11,16-18H,3,12-15H2,1-2H3. The molecule has 1 aliphatic heterocycles. The molecule has 180 valence electrons. The van der Waals surface area contributed by atoms with Crippen molar-refractivity contribution in [2.45, 2.75) is 26.3 Å². The minimum absolute atomic E-state index is 0.00610. The van der Waals surface area contributed by atoms with Crippen LogP contribution in [0.25, 0.3) is 17.1 Å². The summed E-state index contributed by atoms with van der Waals surface area (Å²) < 4.78 is 7.36. The van der Waals surface area contributed by atoms with E-state index >= 15 is 0 Å². The molecule has 35 heavy (non-hydrogen) atoms. The molecule has 9 heteroatoms. The number of carbonyl (C=O) groups is 1. The predicted molar refractivity (Wildman–Crippen MR) is 134 cm³/mol. The van der Waals surface area contributed by atoms with Crippen LogP contribution in [0.15, 0.2) is 65.3 Å². The first-order chi connectivity index (χ1) is 17.0. The molecule has 3 heterocycles. The van der Waals surface area contributed by atoms with Gasteiger partial charge in [0.1, 0.15) is 0 Å². The molecule has 4 aromatic rings. The minimum atomic E-state index is -0.0333. The highest BCUT2D eigenvalue weighted by molar-refractivity contribution is 6.30. The smallest absolute Gasteiger partial charge is 0.257 e. The zero-order chi connectivity index (χ0) is 24.4. The van der Waals surface area contributed by atoms with E-state index in [0.29, 0.717) is 41.8 Å². The number of hydrogen-bond donors (Lipinski definition) is 0. The van der Waals surface area contributed by atoms with E-state index < -0.39 is 0 Å². The van der Waals surface area contributed by atoms with Crippen molar-refractivity contribution in [2.75, 3.05) is 26.2 Å². The Hall–Kier alpha value is -3.49. The number of nitrogens with zero attached hydrogens (tertiary/aromatic N) is 6. The first kappa shape index (κ1) is 23.3. The third-order valence-electron chi connectivity index (χ3n) is 6.47. The molecular formula is C26H27ClN6O2. The summed E-state index contributed by atoms with van der Waals surface area (Å²) in [5, 5.41) is 9.27. The molecule has 1 unspecified atom stereocenters. The van der Waals surface area contributed by atoms with Crippen molar-refractivity contribution in [2.24, 2.45) is 0 Å². The van der Waals surface area contributed by atoms with Gasteiger partial charge in [-0.1, -0.05) is 60.1 Å². The highest BCUT2D eigenvalue weighted by Gasteiger charge is 2.30. The number of benzene rings is 2. The summed E-state index contributed by atoms with van der Waals surface area (Å²) in [5.41, 5.74) is 3.29. The van der Waals surface area contributed by atoms with E-state index in [4.69, 9.17) is 16.1 Å². The maximum Gasteiger partial charge on any atom is 0.257 e. The Morgan fingerprint density at radius 2 is 1.86 bits per heavy atom. The van der Waals surface area contributed by atoms with Crippen LogP contribution < -0.4 is 0 Å². The molecule has 1 atom stereocenters. The van der Waals surface area contributed by atoms with Crippen LogP contribution >= 0.6 is 11.6 Å². The van der Waals surface area contributed by atoms with E-state index in [9.17, 15) is 4.79 Å². The fourth-order valence-electron chi connectivity index (χ4n) is 4.47. The van der Waals surface area contributed by atoms with Crippen LogP contribution in [-0.2, 0) is 6.42 Å². The highest BCUT2D eigenvalue weighted by Crippen LogP contribution is 2.25. The average Bonchev–Trinajstić information content (AvgIpc) is 3.56. The van der Waals surface area contributed by atoms with Gasteiger partial charge >= 0.3 is 0 Å². The SMILES string of the molecule is CCc1c(C(=O)N2CCN(C(C)c3nc(-c4ccccc4)no3)CC2)cnn1-c1cccc(Cl)c1. The first-order valence-corrected chi connectivity index (χ1v) is 12.2. The summed E-state index contributed by atoms with van der Waals surface area (Å²) in [4.78, 5) is 22.1. The number of carbonyl (C=O) groups excluding carboxylic acids is 1. The lowest BCUT2D eigenvalue weighted by atomic mass is 10.1. The molecule has 2 aromatic heterocycles. The average molecular weight is 491 g/mol. The second kappa shape index (κ2) is 10.0. The number of rotatable bonds is 6. The molecule has 0 saturated carbocycles. The fraction of sp³-hybridized carbons (Fsp3) is 0.308. The van der Waals surface area contributed by atoms with E-state index in [1.54, 1.807) is 10.9 Å². The topological polar surface area (TPSA) is 80.3 Å². The second-order valence-electron chi connectivity index (χ2n) is 8.58. The van der Waals surface area contributed by atoms with Crippen molar-refractivity contribution in [3.8, 4) is 17.1 Å². The van der Waals surface area contributed by atoms with Crippen molar-refractivity contribution in [1.82, 2.24) is 29.7 Å². The van der Waals surface area contributed by atoms with Crippen LogP contribution in [0.5, 0.6) is 0 Å². The molecule has 1 amide bonds. The number of amides is 1. The molecule has 0 N–H and O–H groups in total. The van der Waals surface area contributed by atoms with Gasteiger partial charge in [0.15, 0.2) is 0 Å². The van der Waals surface area contributed by atoms with E-state index in [1.165, 1.54) is 0 Å². The van der Waals surface area contributed by atoms with Crippen molar-refractivity contribution in [3.05, 3.63) is 83.0 Å². The normalized spacial score (nSPS) is 15.3. The van der Waals surface area contributed by atoms with E-state index in [1.807, 2.05) is 66.4 Å². The van der Waals surface area contributed by atoms with Gasteiger partial charge in [0.05, 0.1) is 29.2 Å². The summed E-state index contributed by atoms with van der Waals surface area (Å²) in [5.74, 6) is 1.18. The Labute approximate surface area is 209 Å². The van der Waals surface area contributed by atoms with Gasteiger partial charge in [0, 0.05) is 36.8 Å². The van der Waals surface area contributed by atoms with Gasteiger partial charge < -0.3 is 9.42 Å². The second-order valence-corrected chi connectivity index (χ2v) is 9.01. The fourth-order valence-corrected chi connectivity index (χ4v) is 4.66. The lowest BCUT2D eigenvalue weighted by molar-refractivity contribution is 0.0550. The van der Waals surface area contributed by atoms with Gasteiger partial charge in [-0.05, 0) is 31.5 Å². The number of piperazine rings is 1. The molecule has 5 rings (SSSR count). The molecule has 2 aromatic carbocycles. The number of hydrogen-bond acceptors (Lipinski definition) is 6. The molecule has 8 nitrogen and oxygen atoms in total. The third kappa shape index (κ3) is 4.72. The summed E-state index contributed by atoms with van der Waals surface area (Å²) in [6, 6.07) is 17.2. The van der Waals surface area contributed by atoms with Gasteiger partial charge in [-0.15, -0.1) is 0 Å². The molecule has 0 bridgehead atoms. The third-order valence-corrected chi connectivity index (χ3v) is 6.70. The Balaban J connectivity index is 1.25. The van der Waals surface area contributed by atoms with Gasteiger partial charge in [-0.3, -0.25) is 9.69 Å². The van der Waals surface area contributed by atoms with Crippen LogP contribution in [0.4, 0.5) is 0 Å². The Morgan fingerprint density at radius 1 is 1.09 bits per heavy atom. The van der Waals surface area contributed by atoms with E-state index in [2.05, 4.69) is 27.1 Å². The van der Waals surface area contributed by atoms with Crippen molar-refractivity contribution in [3.63, 3.8) is 0 Å². The number of aromatic nitrogens is 4.